The van der Waals surface area contributed by atoms with Gasteiger partial charge in [0.05, 0.1) is 11.4 Å². The SMILES string of the molecule is C=CCN(C(C)C)S(=O)(=O)CCOc1ccccc1N. The van der Waals surface area contributed by atoms with Gasteiger partial charge in [-0.2, -0.15) is 4.31 Å². The third kappa shape index (κ3) is 4.54. The summed E-state index contributed by atoms with van der Waals surface area (Å²) >= 11 is 0. The van der Waals surface area contributed by atoms with Crippen LogP contribution in [0.3, 0.4) is 0 Å². The van der Waals surface area contributed by atoms with Crippen molar-refractivity contribution >= 4 is 15.7 Å². The normalized spacial score (nSPS) is 11.8. The Labute approximate surface area is 121 Å². The van der Waals surface area contributed by atoms with Crippen molar-refractivity contribution in [2.75, 3.05) is 24.6 Å². The fourth-order valence-corrected chi connectivity index (χ4v) is 3.26. The van der Waals surface area contributed by atoms with E-state index in [0.717, 1.165) is 0 Å². The third-order valence-corrected chi connectivity index (χ3v) is 4.73. The number of nitrogens with two attached hydrogens (primary N) is 1. The number of sulfonamides is 1. The lowest BCUT2D eigenvalue weighted by Crippen LogP contribution is -2.39. The van der Waals surface area contributed by atoms with Crippen LogP contribution in [0.15, 0.2) is 36.9 Å². The van der Waals surface area contributed by atoms with E-state index >= 15 is 0 Å². The fourth-order valence-electron chi connectivity index (χ4n) is 1.76. The smallest absolute Gasteiger partial charge is 0.217 e. The molecule has 20 heavy (non-hydrogen) atoms. The molecular formula is C14H22N2O3S. The first-order chi connectivity index (χ1) is 9.38. The van der Waals surface area contributed by atoms with Gasteiger partial charge in [-0.1, -0.05) is 18.2 Å². The van der Waals surface area contributed by atoms with Crippen molar-refractivity contribution in [2.24, 2.45) is 0 Å². The van der Waals surface area contributed by atoms with Gasteiger partial charge in [-0.3, -0.25) is 0 Å². The number of ether oxygens (including phenoxy) is 1. The molecule has 0 aliphatic carbocycles. The van der Waals surface area contributed by atoms with Crippen molar-refractivity contribution in [1.29, 1.82) is 0 Å². The number of nitrogens with zero attached hydrogens (tertiary/aromatic N) is 1. The zero-order valence-electron chi connectivity index (χ0n) is 12.0. The number of anilines is 1. The molecule has 1 aromatic rings. The maximum Gasteiger partial charge on any atom is 0.217 e. The predicted molar refractivity (Wildman–Crippen MR) is 82.2 cm³/mol. The van der Waals surface area contributed by atoms with E-state index < -0.39 is 10.0 Å². The summed E-state index contributed by atoms with van der Waals surface area (Å²) in [6, 6.07) is 6.90. The van der Waals surface area contributed by atoms with Crippen molar-refractivity contribution in [2.45, 2.75) is 19.9 Å². The molecule has 2 N–H and O–H groups in total. The minimum Gasteiger partial charge on any atom is -0.490 e. The first kappa shape index (κ1) is 16.5. The van der Waals surface area contributed by atoms with Crippen molar-refractivity contribution < 1.29 is 13.2 Å². The number of rotatable bonds is 8. The van der Waals surface area contributed by atoms with Crippen LogP contribution in [-0.2, 0) is 10.0 Å². The maximum absolute atomic E-state index is 12.2. The number of benzene rings is 1. The maximum atomic E-state index is 12.2. The van der Waals surface area contributed by atoms with Crippen LogP contribution in [-0.4, -0.2) is 37.7 Å². The van der Waals surface area contributed by atoms with Gasteiger partial charge in [-0.25, -0.2) is 8.42 Å². The molecule has 0 aliphatic rings. The van der Waals surface area contributed by atoms with Crippen molar-refractivity contribution in [3.8, 4) is 5.75 Å². The molecule has 0 aromatic heterocycles. The molecular weight excluding hydrogens is 276 g/mol. The third-order valence-electron chi connectivity index (χ3n) is 2.76. The summed E-state index contributed by atoms with van der Waals surface area (Å²) in [5.74, 6) is 0.412. The predicted octanol–water partition coefficient (Wildman–Crippen LogP) is 1.87. The van der Waals surface area contributed by atoms with E-state index in [4.69, 9.17) is 10.5 Å². The van der Waals surface area contributed by atoms with Crippen molar-refractivity contribution in [3.63, 3.8) is 0 Å². The van der Waals surface area contributed by atoms with E-state index in [9.17, 15) is 8.42 Å². The fraction of sp³-hybridized carbons (Fsp3) is 0.429. The second-order valence-electron chi connectivity index (χ2n) is 4.65. The molecule has 1 aromatic carbocycles. The van der Waals surface area contributed by atoms with E-state index in [2.05, 4.69) is 6.58 Å². The van der Waals surface area contributed by atoms with Crippen LogP contribution in [0.25, 0.3) is 0 Å². The van der Waals surface area contributed by atoms with E-state index in [1.807, 2.05) is 13.8 Å². The lowest BCUT2D eigenvalue weighted by Gasteiger charge is -2.24. The Morgan fingerprint density at radius 1 is 1.40 bits per heavy atom. The number of nitrogen functional groups attached to an aromatic ring is 1. The van der Waals surface area contributed by atoms with Gasteiger partial charge in [0.15, 0.2) is 0 Å². The Morgan fingerprint density at radius 3 is 2.60 bits per heavy atom. The molecule has 0 amide bonds. The summed E-state index contributed by atoms with van der Waals surface area (Å²) < 4.78 is 31.2. The zero-order valence-corrected chi connectivity index (χ0v) is 12.8. The second kappa shape index (κ2) is 7.31. The van der Waals surface area contributed by atoms with Gasteiger partial charge >= 0.3 is 0 Å². The van der Waals surface area contributed by atoms with Crippen LogP contribution < -0.4 is 10.5 Å². The van der Waals surface area contributed by atoms with E-state index in [1.165, 1.54) is 4.31 Å². The average molecular weight is 298 g/mol. The molecule has 0 spiro atoms. The summed E-state index contributed by atoms with van der Waals surface area (Å²) in [5, 5.41) is 0. The van der Waals surface area contributed by atoms with Crippen LogP contribution >= 0.6 is 0 Å². The highest BCUT2D eigenvalue weighted by molar-refractivity contribution is 7.89. The largest absolute Gasteiger partial charge is 0.490 e. The summed E-state index contributed by atoms with van der Waals surface area (Å²) in [6.07, 6.45) is 1.58. The Morgan fingerprint density at radius 2 is 2.05 bits per heavy atom. The Bertz CT molecular complexity index is 541. The van der Waals surface area contributed by atoms with Crippen LogP contribution in [0.1, 0.15) is 13.8 Å². The van der Waals surface area contributed by atoms with Gasteiger partial charge in [0.25, 0.3) is 0 Å². The van der Waals surface area contributed by atoms with Crippen LogP contribution in [0, 0.1) is 0 Å². The topological polar surface area (TPSA) is 72.6 Å². The molecule has 0 radical (unpaired) electrons. The molecule has 0 atom stereocenters. The average Bonchev–Trinajstić information content (AvgIpc) is 2.37. The standard InChI is InChI=1S/C14H22N2O3S/c1-4-9-16(12(2)3)20(17,18)11-10-19-14-8-6-5-7-13(14)15/h4-8,12H,1,9-11,15H2,2-3H3. The Hall–Kier alpha value is -1.53. The van der Waals surface area contributed by atoms with Crippen molar-refractivity contribution in [1.82, 2.24) is 4.31 Å². The number of hydrogen-bond donors (Lipinski definition) is 1. The minimum atomic E-state index is -3.37. The van der Waals surface area contributed by atoms with Gasteiger partial charge in [-0.15, -0.1) is 6.58 Å². The van der Waals surface area contributed by atoms with E-state index in [0.29, 0.717) is 18.0 Å². The van der Waals surface area contributed by atoms with Gasteiger partial charge in [0.1, 0.15) is 12.4 Å². The quantitative estimate of drug-likeness (QED) is 0.587. The van der Waals surface area contributed by atoms with Crippen LogP contribution in [0.5, 0.6) is 5.75 Å². The zero-order chi connectivity index (χ0) is 15.2. The minimum absolute atomic E-state index is 0.0664. The first-order valence-corrected chi connectivity index (χ1v) is 8.07. The Kier molecular flexibility index (Phi) is 6.04. The second-order valence-corrected chi connectivity index (χ2v) is 6.70. The van der Waals surface area contributed by atoms with Gasteiger partial charge < -0.3 is 10.5 Å². The molecule has 6 heteroatoms. The number of hydrogen-bond acceptors (Lipinski definition) is 4. The summed E-state index contributed by atoms with van der Waals surface area (Å²) in [7, 11) is -3.37. The molecule has 0 fully saturated rings. The van der Waals surface area contributed by atoms with E-state index in [1.54, 1.807) is 30.3 Å². The molecule has 0 saturated carbocycles. The van der Waals surface area contributed by atoms with Crippen molar-refractivity contribution in [3.05, 3.63) is 36.9 Å². The van der Waals surface area contributed by atoms with Crippen LogP contribution in [0.2, 0.25) is 0 Å². The summed E-state index contributed by atoms with van der Waals surface area (Å²) in [5.41, 5.74) is 6.22. The van der Waals surface area contributed by atoms with Gasteiger partial charge in [-0.05, 0) is 26.0 Å². The highest BCUT2D eigenvalue weighted by atomic mass is 32.2. The lowest BCUT2D eigenvalue weighted by atomic mass is 10.3. The van der Waals surface area contributed by atoms with Gasteiger partial charge in [0.2, 0.25) is 10.0 Å². The highest BCUT2D eigenvalue weighted by Gasteiger charge is 2.23. The molecule has 112 valence electrons. The molecule has 5 nitrogen and oxygen atoms in total. The molecule has 0 unspecified atom stereocenters. The monoisotopic (exact) mass is 298 g/mol. The summed E-state index contributed by atoms with van der Waals surface area (Å²) in [6.45, 7) is 7.61. The van der Waals surface area contributed by atoms with Crippen LogP contribution in [0.4, 0.5) is 5.69 Å². The molecule has 0 aliphatic heterocycles. The van der Waals surface area contributed by atoms with E-state index in [-0.39, 0.29) is 18.4 Å². The molecule has 1 rings (SSSR count). The lowest BCUT2D eigenvalue weighted by molar-refractivity contribution is 0.331. The Balaban J connectivity index is 2.63. The van der Waals surface area contributed by atoms with Gasteiger partial charge in [0, 0.05) is 12.6 Å². The highest BCUT2D eigenvalue weighted by Crippen LogP contribution is 2.19. The first-order valence-electron chi connectivity index (χ1n) is 6.46. The molecule has 0 saturated heterocycles. The summed E-state index contributed by atoms with van der Waals surface area (Å²) in [4.78, 5) is 0. The molecule has 0 heterocycles. The number of para-hydroxylation sites is 2. The molecule has 0 bridgehead atoms.